The van der Waals surface area contributed by atoms with Crippen molar-refractivity contribution in [2.45, 2.75) is 32.5 Å². The van der Waals surface area contributed by atoms with Crippen molar-refractivity contribution < 1.29 is 9.84 Å². The summed E-state index contributed by atoms with van der Waals surface area (Å²) in [6.45, 7) is 4.11. The lowest BCUT2D eigenvalue weighted by Crippen LogP contribution is -2.19. The Balaban J connectivity index is 1.97. The van der Waals surface area contributed by atoms with Crippen molar-refractivity contribution in [3.8, 4) is 5.75 Å². The van der Waals surface area contributed by atoms with Crippen molar-refractivity contribution in [3.63, 3.8) is 0 Å². The normalized spacial score (nSPS) is 21.6. The highest BCUT2D eigenvalue weighted by Gasteiger charge is 2.28. The second-order valence-corrected chi connectivity index (χ2v) is 5.26. The van der Waals surface area contributed by atoms with Gasteiger partial charge in [-0.2, -0.15) is 0 Å². The van der Waals surface area contributed by atoms with E-state index in [1.807, 2.05) is 37.3 Å². The zero-order chi connectivity index (χ0) is 13.4. The highest BCUT2D eigenvalue weighted by atomic mass is 16.5. The van der Waals surface area contributed by atoms with E-state index in [1.165, 1.54) is 5.56 Å². The van der Waals surface area contributed by atoms with E-state index >= 15 is 0 Å². The van der Waals surface area contributed by atoms with Gasteiger partial charge in [-0.3, -0.25) is 0 Å². The summed E-state index contributed by atoms with van der Waals surface area (Å²) in [6.07, 6.45) is 0.0982. The maximum absolute atomic E-state index is 10.3. The minimum atomic E-state index is -0.451. The summed E-state index contributed by atoms with van der Waals surface area (Å²) >= 11 is 0. The molecule has 0 saturated heterocycles. The smallest absolute Gasteiger partial charge is 0.127 e. The molecule has 0 bridgehead atoms. The van der Waals surface area contributed by atoms with E-state index in [-0.39, 0.29) is 6.10 Å². The molecule has 2 atom stereocenters. The van der Waals surface area contributed by atoms with Crippen LogP contribution in [-0.4, -0.2) is 5.11 Å². The van der Waals surface area contributed by atoms with Gasteiger partial charge >= 0.3 is 0 Å². The molecule has 19 heavy (non-hydrogen) atoms. The summed E-state index contributed by atoms with van der Waals surface area (Å²) in [4.78, 5) is 0. The van der Waals surface area contributed by atoms with Crippen molar-refractivity contribution in [1.82, 2.24) is 0 Å². The van der Waals surface area contributed by atoms with Gasteiger partial charge in [0.15, 0.2) is 0 Å². The molecule has 2 aromatic carbocycles. The number of aliphatic hydroxyl groups is 1. The molecule has 0 amide bonds. The standard InChI is InChI=1S/C17H18O2/c1-11-7-8-16-14(9-11)15(18)10-17(19-16)13-6-4-3-5-12(13)2/h3-9,15,17-18H,10H2,1-2H3/t15-,17?/m1/s1. The minimum absolute atomic E-state index is 0.0635. The van der Waals surface area contributed by atoms with Crippen molar-refractivity contribution in [3.05, 3.63) is 64.7 Å². The summed E-state index contributed by atoms with van der Waals surface area (Å²) in [6, 6.07) is 14.2. The number of ether oxygens (including phenoxy) is 1. The van der Waals surface area contributed by atoms with E-state index < -0.39 is 6.10 Å². The van der Waals surface area contributed by atoms with Crippen LogP contribution in [0.25, 0.3) is 0 Å². The van der Waals surface area contributed by atoms with Gasteiger partial charge in [0.25, 0.3) is 0 Å². The van der Waals surface area contributed by atoms with Gasteiger partial charge in [0.1, 0.15) is 11.9 Å². The monoisotopic (exact) mass is 254 g/mol. The summed E-state index contributed by atoms with van der Waals surface area (Å²) < 4.78 is 6.06. The van der Waals surface area contributed by atoms with Crippen LogP contribution in [0.1, 0.15) is 40.9 Å². The maximum atomic E-state index is 10.3. The number of rotatable bonds is 1. The first-order valence-corrected chi connectivity index (χ1v) is 6.66. The molecule has 0 aliphatic carbocycles. The molecule has 0 fully saturated rings. The molecule has 0 aromatic heterocycles. The van der Waals surface area contributed by atoms with E-state index in [9.17, 15) is 5.11 Å². The third-order valence-electron chi connectivity index (χ3n) is 3.77. The first-order chi connectivity index (χ1) is 9.15. The van der Waals surface area contributed by atoms with Gasteiger partial charge in [-0.25, -0.2) is 0 Å². The second kappa shape index (κ2) is 4.71. The van der Waals surface area contributed by atoms with Crippen LogP contribution in [0.5, 0.6) is 5.75 Å². The number of hydrogen-bond donors (Lipinski definition) is 1. The Morgan fingerprint density at radius 1 is 1.05 bits per heavy atom. The predicted octanol–water partition coefficient (Wildman–Crippen LogP) is 3.86. The Morgan fingerprint density at radius 3 is 2.63 bits per heavy atom. The number of aryl methyl sites for hydroxylation is 2. The van der Waals surface area contributed by atoms with E-state index in [1.54, 1.807) is 0 Å². The highest BCUT2D eigenvalue weighted by molar-refractivity contribution is 5.41. The van der Waals surface area contributed by atoms with Gasteiger partial charge in [0.05, 0.1) is 6.10 Å². The van der Waals surface area contributed by atoms with E-state index in [0.29, 0.717) is 6.42 Å². The van der Waals surface area contributed by atoms with Crippen LogP contribution in [0.2, 0.25) is 0 Å². The number of aliphatic hydroxyl groups excluding tert-OH is 1. The SMILES string of the molecule is Cc1ccc2c(c1)[C@H](O)CC(c1ccccc1C)O2. The lowest BCUT2D eigenvalue weighted by Gasteiger charge is -2.31. The fraction of sp³-hybridized carbons (Fsp3) is 0.294. The van der Waals surface area contributed by atoms with Gasteiger partial charge in [-0.05, 0) is 37.1 Å². The molecule has 98 valence electrons. The molecule has 0 saturated carbocycles. The maximum Gasteiger partial charge on any atom is 0.127 e. The molecule has 2 nitrogen and oxygen atoms in total. The average Bonchev–Trinajstić information content (AvgIpc) is 2.40. The largest absolute Gasteiger partial charge is 0.485 e. The summed E-state index contributed by atoms with van der Waals surface area (Å²) in [7, 11) is 0. The lowest BCUT2D eigenvalue weighted by atomic mass is 9.92. The van der Waals surface area contributed by atoms with Crippen LogP contribution in [0.4, 0.5) is 0 Å². The molecule has 2 heteroatoms. The van der Waals surface area contributed by atoms with Crippen LogP contribution in [0.3, 0.4) is 0 Å². The molecule has 0 radical (unpaired) electrons. The number of fused-ring (bicyclic) bond motifs is 1. The van der Waals surface area contributed by atoms with Crippen LogP contribution in [0, 0.1) is 13.8 Å². The molecule has 3 rings (SSSR count). The summed E-state index contributed by atoms with van der Waals surface area (Å²) in [5, 5.41) is 10.3. The molecule has 1 aliphatic rings. The topological polar surface area (TPSA) is 29.5 Å². The third-order valence-corrected chi connectivity index (χ3v) is 3.77. The van der Waals surface area contributed by atoms with Gasteiger partial charge in [0, 0.05) is 12.0 Å². The third kappa shape index (κ3) is 2.24. The molecule has 0 spiro atoms. The molecule has 2 aromatic rings. The number of hydrogen-bond acceptors (Lipinski definition) is 2. The second-order valence-electron chi connectivity index (χ2n) is 5.26. The van der Waals surface area contributed by atoms with E-state index in [0.717, 1.165) is 22.4 Å². The van der Waals surface area contributed by atoms with Crippen molar-refractivity contribution >= 4 is 0 Å². The first-order valence-electron chi connectivity index (χ1n) is 6.66. The Labute approximate surface area is 113 Å². The van der Waals surface area contributed by atoms with Crippen molar-refractivity contribution in [1.29, 1.82) is 0 Å². The number of benzene rings is 2. The molecular formula is C17H18O2. The van der Waals surface area contributed by atoms with Gasteiger partial charge in [-0.15, -0.1) is 0 Å². The van der Waals surface area contributed by atoms with Crippen LogP contribution in [0.15, 0.2) is 42.5 Å². The quantitative estimate of drug-likeness (QED) is 0.837. The Hall–Kier alpha value is -1.80. The van der Waals surface area contributed by atoms with E-state index in [4.69, 9.17) is 4.74 Å². The average molecular weight is 254 g/mol. The molecular weight excluding hydrogens is 236 g/mol. The van der Waals surface area contributed by atoms with E-state index in [2.05, 4.69) is 19.1 Å². The molecule has 1 unspecified atom stereocenters. The lowest BCUT2D eigenvalue weighted by molar-refractivity contribution is 0.0654. The fourth-order valence-electron chi connectivity index (χ4n) is 2.71. The predicted molar refractivity (Wildman–Crippen MR) is 75.3 cm³/mol. The Bertz CT molecular complexity index is 604. The van der Waals surface area contributed by atoms with Gasteiger partial charge in [0.2, 0.25) is 0 Å². The molecule has 1 aliphatic heterocycles. The van der Waals surface area contributed by atoms with Gasteiger partial charge in [-0.1, -0.05) is 35.9 Å². The summed E-state index contributed by atoms with van der Waals surface area (Å²) in [5.41, 5.74) is 4.42. The molecule has 1 heterocycles. The van der Waals surface area contributed by atoms with Crippen LogP contribution in [-0.2, 0) is 0 Å². The van der Waals surface area contributed by atoms with Gasteiger partial charge < -0.3 is 9.84 Å². The minimum Gasteiger partial charge on any atom is -0.485 e. The first kappa shape index (κ1) is 12.2. The van der Waals surface area contributed by atoms with Crippen molar-refractivity contribution in [2.75, 3.05) is 0 Å². The Morgan fingerprint density at radius 2 is 1.84 bits per heavy atom. The van der Waals surface area contributed by atoms with Crippen LogP contribution >= 0.6 is 0 Å². The van der Waals surface area contributed by atoms with Crippen molar-refractivity contribution in [2.24, 2.45) is 0 Å². The Kier molecular flexibility index (Phi) is 3.03. The fourth-order valence-corrected chi connectivity index (χ4v) is 2.71. The zero-order valence-corrected chi connectivity index (χ0v) is 11.3. The molecule has 1 N–H and O–H groups in total. The summed E-state index contributed by atoms with van der Waals surface area (Å²) in [5.74, 6) is 0.803. The zero-order valence-electron chi connectivity index (χ0n) is 11.3. The van der Waals surface area contributed by atoms with Crippen LogP contribution < -0.4 is 4.74 Å². The highest BCUT2D eigenvalue weighted by Crippen LogP contribution is 2.41.